The van der Waals surface area contributed by atoms with Crippen molar-refractivity contribution in [3.63, 3.8) is 0 Å². The van der Waals surface area contributed by atoms with Crippen LogP contribution in [0.15, 0.2) is 109 Å². The van der Waals surface area contributed by atoms with Crippen molar-refractivity contribution in [2.75, 3.05) is 0 Å². The van der Waals surface area contributed by atoms with E-state index in [9.17, 15) is 0 Å². The standard InChI is InChI=1S/3C6H5.C5H7.Pt/c3*1-2-4-6-5-3-1;1-3-5-4-2;/h3*1-5H;1,3-5H,2H3;/q4*-1;+4. The Labute approximate surface area is 161 Å². The summed E-state index contributed by atoms with van der Waals surface area (Å²) in [6.07, 6.45) is 5.15. The van der Waals surface area contributed by atoms with Gasteiger partial charge in [0.25, 0.3) is 0 Å². The van der Waals surface area contributed by atoms with Crippen molar-refractivity contribution in [3.05, 3.63) is 134 Å². The zero-order chi connectivity index (χ0) is 16.8. The van der Waals surface area contributed by atoms with Gasteiger partial charge in [0.1, 0.15) is 0 Å². The molecule has 0 saturated heterocycles. The minimum atomic E-state index is 0. The van der Waals surface area contributed by atoms with Crippen molar-refractivity contribution in [3.8, 4) is 0 Å². The number of allylic oxidation sites excluding steroid dienone is 3. The van der Waals surface area contributed by atoms with Crippen LogP contribution in [-0.4, -0.2) is 0 Å². The summed E-state index contributed by atoms with van der Waals surface area (Å²) in [5.41, 5.74) is 0. The smallest absolute Gasteiger partial charge is 0.293 e. The number of hydrogen-bond donors (Lipinski definition) is 0. The largest absolute Gasteiger partial charge is 4.00 e. The van der Waals surface area contributed by atoms with E-state index < -0.39 is 0 Å². The molecule has 0 radical (unpaired) electrons. The average Bonchev–Trinajstić information content (AvgIpc) is 2.68. The molecule has 3 aromatic carbocycles. The van der Waals surface area contributed by atoms with Gasteiger partial charge in [0, 0.05) is 0 Å². The molecule has 0 fully saturated rings. The molecule has 0 bridgehead atoms. The number of hydrogen-bond acceptors (Lipinski definition) is 0. The Hall–Kier alpha value is -2.17. The molecule has 0 unspecified atom stereocenters. The summed E-state index contributed by atoms with van der Waals surface area (Å²) in [4.78, 5) is 0. The van der Waals surface area contributed by atoms with Crippen LogP contribution in [-0.2, 0) is 21.1 Å². The molecule has 124 valence electrons. The Morgan fingerprint density at radius 3 is 0.917 bits per heavy atom. The van der Waals surface area contributed by atoms with Crippen LogP contribution in [0.2, 0.25) is 0 Å². The second-order valence-electron chi connectivity index (χ2n) is 3.95. The van der Waals surface area contributed by atoms with Gasteiger partial charge in [-0.1, -0.05) is 6.92 Å². The van der Waals surface area contributed by atoms with Gasteiger partial charge in [0.15, 0.2) is 0 Å². The second kappa shape index (κ2) is 23.1. The van der Waals surface area contributed by atoms with E-state index in [0.717, 1.165) is 0 Å². The summed E-state index contributed by atoms with van der Waals surface area (Å²) >= 11 is 0. The fourth-order valence-electron chi connectivity index (χ4n) is 1.14. The molecule has 3 aromatic rings. The maximum absolute atomic E-state index is 4.93. The van der Waals surface area contributed by atoms with Crippen molar-refractivity contribution < 1.29 is 21.1 Å². The summed E-state index contributed by atoms with van der Waals surface area (Å²) < 4.78 is 0. The Balaban J connectivity index is 0. The molecular weight excluding hydrogens is 471 g/mol. The first-order chi connectivity index (χ1) is 11.4. The molecule has 1 heteroatoms. The van der Waals surface area contributed by atoms with Crippen LogP contribution in [0.3, 0.4) is 0 Å². The third kappa shape index (κ3) is 22.1. The van der Waals surface area contributed by atoms with Crippen molar-refractivity contribution in [1.82, 2.24) is 0 Å². The summed E-state index contributed by atoms with van der Waals surface area (Å²) in [5.74, 6) is 0. The van der Waals surface area contributed by atoms with E-state index in [4.69, 9.17) is 6.58 Å². The molecule has 3 rings (SSSR count). The van der Waals surface area contributed by atoms with Crippen LogP contribution in [0, 0.1) is 24.8 Å². The molecule has 0 N–H and O–H groups in total. The van der Waals surface area contributed by atoms with Crippen LogP contribution >= 0.6 is 0 Å². The van der Waals surface area contributed by atoms with Gasteiger partial charge in [-0.3, -0.25) is 6.58 Å². The van der Waals surface area contributed by atoms with E-state index in [1.807, 2.05) is 104 Å². The molecule has 0 aliphatic rings. The first-order valence-electron chi connectivity index (χ1n) is 7.31. The number of benzene rings is 3. The summed E-state index contributed by atoms with van der Waals surface area (Å²) in [6, 6.07) is 37.5. The predicted molar refractivity (Wildman–Crippen MR) is 99.5 cm³/mol. The molecule has 0 aromatic heterocycles. The van der Waals surface area contributed by atoms with Crippen molar-refractivity contribution >= 4 is 0 Å². The third-order valence-electron chi connectivity index (χ3n) is 2.12. The first-order valence-corrected chi connectivity index (χ1v) is 7.31. The maximum atomic E-state index is 4.93. The Kier molecular flexibility index (Phi) is 23.2. The topological polar surface area (TPSA) is 0 Å². The molecule has 0 heterocycles. The quantitative estimate of drug-likeness (QED) is 0.288. The van der Waals surface area contributed by atoms with Gasteiger partial charge >= 0.3 is 21.1 Å². The maximum Gasteiger partial charge on any atom is 4.00 e. The first kappa shape index (κ1) is 24.1. The SMILES string of the molecule is [CH-]=CC=CC.[Pt+4].[c-]1ccccc1.[c-]1ccccc1.[c-]1ccccc1. The minimum absolute atomic E-state index is 0. The van der Waals surface area contributed by atoms with Crippen molar-refractivity contribution in [2.24, 2.45) is 0 Å². The zero-order valence-electron chi connectivity index (χ0n) is 13.8. The Bertz CT molecular complexity index is 405. The van der Waals surface area contributed by atoms with Crippen LogP contribution in [0.4, 0.5) is 0 Å². The molecule has 0 aliphatic heterocycles. The van der Waals surface area contributed by atoms with Gasteiger partial charge in [-0.2, -0.15) is 115 Å². The van der Waals surface area contributed by atoms with Gasteiger partial charge in [-0.15, -0.1) is 0 Å². The number of rotatable bonds is 1. The summed E-state index contributed by atoms with van der Waals surface area (Å²) in [5, 5.41) is 0. The molecule has 0 spiro atoms. The monoisotopic (exact) mass is 493 g/mol. The third-order valence-corrected chi connectivity index (χ3v) is 2.12. The van der Waals surface area contributed by atoms with Gasteiger partial charge in [-0.05, 0) is 0 Å². The van der Waals surface area contributed by atoms with E-state index in [1.54, 1.807) is 6.08 Å². The molecule has 24 heavy (non-hydrogen) atoms. The fraction of sp³-hybridized carbons (Fsp3) is 0.0435. The van der Waals surface area contributed by atoms with E-state index in [-0.39, 0.29) is 21.1 Å². The van der Waals surface area contributed by atoms with Crippen LogP contribution in [0.25, 0.3) is 0 Å². The van der Waals surface area contributed by atoms with Gasteiger partial charge in [0.05, 0.1) is 0 Å². The van der Waals surface area contributed by atoms with E-state index in [2.05, 4.69) is 18.2 Å². The Morgan fingerprint density at radius 1 is 0.583 bits per heavy atom. The predicted octanol–water partition coefficient (Wildman–Crippen LogP) is 6.01. The zero-order valence-corrected chi connectivity index (χ0v) is 16.1. The van der Waals surface area contributed by atoms with Gasteiger partial charge < -0.3 is 0 Å². The van der Waals surface area contributed by atoms with Gasteiger partial charge in [0.2, 0.25) is 0 Å². The molecule has 0 amide bonds. The Morgan fingerprint density at radius 2 is 0.875 bits per heavy atom. The summed E-state index contributed by atoms with van der Waals surface area (Å²) in [6.45, 7) is 6.85. The molecule has 0 aliphatic carbocycles. The normalized spacial score (nSPS) is 7.88. The van der Waals surface area contributed by atoms with Crippen LogP contribution < -0.4 is 0 Å². The molecule has 0 atom stereocenters. The molecule has 0 saturated carbocycles. The molecule has 0 nitrogen and oxygen atoms in total. The van der Waals surface area contributed by atoms with E-state index >= 15 is 0 Å². The second-order valence-corrected chi connectivity index (χ2v) is 3.95. The minimum Gasteiger partial charge on any atom is -0.293 e. The van der Waals surface area contributed by atoms with E-state index in [0.29, 0.717) is 0 Å². The van der Waals surface area contributed by atoms with E-state index in [1.165, 1.54) is 6.08 Å². The fourth-order valence-corrected chi connectivity index (χ4v) is 1.14. The average molecular weight is 494 g/mol. The van der Waals surface area contributed by atoms with Crippen molar-refractivity contribution in [1.29, 1.82) is 0 Å². The van der Waals surface area contributed by atoms with Gasteiger partial charge in [-0.25, -0.2) is 12.2 Å². The molecular formula is C23H22Pt. The van der Waals surface area contributed by atoms with Crippen molar-refractivity contribution in [2.45, 2.75) is 6.92 Å². The van der Waals surface area contributed by atoms with Crippen LogP contribution in [0.5, 0.6) is 0 Å². The summed E-state index contributed by atoms with van der Waals surface area (Å²) in [7, 11) is 0. The van der Waals surface area contributed by atoms with Crippen LogP contribution in [0.1, 0.15) is 6.92 Å².